The highest BCUT2D eigenvalue weighted by Gasteiger charge is 2.14. The summed E-state index contributed by atoms with van der Waals surface area (Å²) in [4.78, 5) is 13.9. The van der Waals surface area contributed by atoms with E-state index in [4.69, 9.17) is 9.47 Å². The first-order chi connectivity index (χ1) is 10.2. The number of benzene rings is 1. The number of methoxy groups -OCH3 is 2. The van der Waals surface area contributed by atoms with E-state index in [9.17, 15) is 4.79 Å². The Bertz CT molecular complexity index is 511. The van der Waals surface area contributed by atoms with Crippen molar-refractivity contribution >= 4 is 12.1 Å². The molecule has 6 heteroatoms. The van der Waals surface area contributed by atoms with Gasteiger partial charge in [-0.25, -0.2) is 5.43 Å². The van der Waals surface area contributed by atoms with Gasteiger partial charge in [-0.3, -0.25) is 9.69 Å². The highest BCUT2D eigenvalue weighted by molar-refractivity contribution is 5.86. The molecule has 1 N–H and O–H groups in total. The van der Waals surface area contributed by atoms with Crippen molar-refractivity contribution in [2.24, 2.45) is 5.10 Å². The maximum absolute atomic E-state index is 11.7. The van der Waals surface area contributed by atoms with Gasteiger partial charge in [-0.2, -0.15) is 5.10 Å². The van der Waals surface area contributed by atoms with Crippen molar-refractivity contribution < 1.29 is 14.3 Å². The van der Waals surface area contributed by atoms with Gasteiger partial charge in [0.25, 0.3) is 5.91 Å². The van der Waals surface area contributed by atoms with Crippen LogP contribution in [0.2, 0.25) is 0 Å². The van der Waals surface area contributed by atoms with E-state index >= 15 is 0 Å². The number of hydrogen-bond donors (Lipinski definition) is 1. The predicted octanol–water partition coefficient (Wildman–Crippen LogP) is 1.25. The maximum atomic E-state index is 11.7. The molecule has 0 spiro atoms. The third-order valence-corrected chi connectivity index (χ3v) is 3.40. The first-order valence-corrected chi connectivity index (χ1v) is 6.99. The van der Waals surface area contributed by atoms with Crippen molar-refractivity contribution in [3.8, 4) is 11.5 Å². The summed E-state index contributed by atoms with van der Waals surface area (Å²) in [5.41, 5.74) is 3.32. The number of amides is 1. The molecule has 21 heavy (non-hydrogen) atoms. The molecule has 6 nitrogen and oxygen atoms in total. The van der Waals surface area contributed by atoms with Crippen molar-refractivity contribution in [2.45, 2.75) is 12.8 Å². The zero-order valence-corrected chi connectivity index (χ0v) is 12.5. The molecule has 1 aromatic rings. The minimum atomic E-state index is -0.0966. The number of rotatable bonds is 6. The van der Waals surface area contributed by atoms with Crippen LogP contribution in [0.3, 0.4) is 0 Å². The SMILES string of the molecule is COc1ccc(/C=N\NC(=O)CN2CCCC2)c(OC)c1. The van der Waals surface area contributed by atoms with Crippen molar-refractivity contribution in [2.75, 3.05) is 33.9 Å². The number of likely N-dealkylation sites (tertiary alicyclic amines) is 1. The number of nitrogens with one attached hydrogen (secondary N) is 1. The molecule has 1 amide bonds. The normalized spacial score (nSPS) is 15.3. The number of carbonyl (C=O) groups excluding carboxylic acids is 1. The first-order valence-electron chi connectivity index (χ1n) is 6.99. The average Bonchev–Trinajstić information content (AvgIpc) is 3.00. The van der Waals surface area contributed by atoms with Crippen molar-refractivity contribution in [1.82, 2.24) is 10.3 Å². The van der Waals surface area contributed by atoms with Crippen LogP contribution in [-0.2, 0) is 4.79 Å². The van der Waals surface area contributed by atoms with Gasteiger partial charge in [0.05, 0.1) is 27.0 Å². The van der Waals surface area contributed by atoms with Gasteiger partial charge in [-0.05, 0) is 38.1 Å². The minimum Gasteiger partial charge on any atom is -0.497 e. The molecule has 1 heterocycles. The smallest absolute Gasteiger partial charge is 0.254 e. The number of carbonyl (C=O) groups is 1. The quantitative estimate of drug-likeness (QED) is 0.633. The van der Waals surface area contributed by atoms with Gasteiger partial charge in [0, 0.05) is 11.6 Å². The Morgan fingerprint density at radius 1 is 1.33 bits per heavy atom. The Hall–Kier alpha value is -2.08. The van der Waals surface area contributed by atoms with Crippen LogP contribution in [0.1, 0.15) is 18.4 Å². The molecule has 0 saturated carbocycles. The molecule has 0 aromatic heterocycles. The summed E-state index contributed by atoms with van der Waals surface area (Å²) in [5, 5.41) is 3.98. The van der Waals surface area contributed by atoms with E-state index in [1.54, 1.807) is 26.5 Å². The monoisotopic (exact) mass is 291 g/mol. The fourth-order valence-corrected chi connectivity index (χ4v) is 2.28. The Kier molecular flexibility index (Phi) is 5.57. The standard InChI is InChI=1S/C15H21N3O3/c1-20-13-6-5-12(14(9-13)21-2)10-16-17-15(19)11-18-7-3-4-8-18/h5-6,9-10H,3-4,7-8,11H2,1-2H3,(H,17,19)/b16-10-. The molecule has 0 bridgehead atoms. The number of hydrogen-bond acceptors (Lipinski definition) is 5. The van der Waals surface area contributed by atoms with Gasteiger partial charge >= 0.3 is 0 Å². The van der Waals surface area contributed by atoms with Gasteiger partial charge in [0.15, 0.2) is 0 Å². The molecule has 114 valence electrons. The van der Waals surface area contributed by atoms with Crippen LogP contribution in [0.15, 0.2) is 23.3 Å². The lowest BCUT2D eigenvalue weighted by Crippen LogP contribution is -2.33. The van der Waals surface area contributed by atoms with Crippen LogP contribution in [0.5, 0.6) is 11.5 Å². The third kappa shape index (κ3) is 4.46. The van der Waals surface area contributed by atoms with Crippen LogP contribution >= 0.6 is 0 Å². The summed E-state index contributed by atoms with van der Waals surface area (Å²) in [6, 6.07) is 5.41. The Balaban J connectivity index is 1.89. The van der Waals surface area contributed by atoms with Crippen LogP contribution < -0.4 is 14.9 Å². The zero-order valence-electron chi connectivity index (χ0n) is 12.5. The maximum Gasteiger partial charge on any atom is 0.254 e. The lowest BCUT2D eigenvalue weighted by Gasteiger charge is -2.12. The number of nitrogens with zero attached hydrogens (tertiary/aromatic N) is 2. The fourth-order valence-electron chi connectivity index (χ4n) is 2.28. The fraction of sp³-hybridized carbons (Fsp3) is 0.467. The van der Waals surface area contributed by atoms with Crippen LogP contribution in [0.25, 0.3) is 0 Å². The van der Waals surface area contributed by atoms with E-state index in [1.807, 2.05) is 12.1 Å². The lowest BCUT2D eigenvalue weighted by molar-refractivity contribution is -0.121. The van der Waals surface area contributed by atoms with E-state index in [2.05, 4.69) is 15.4 Å². The molecular weight excluding hydrogens is 270 g/mol. The molecule has 0 unspecified atom stereocenters. The second-order valence-corrected chi connectivity index (χ2v) is 4.88. The lowest BCUT2D eigenvalue weighted by atomic mass is 10.2. The topological polar surface area (TPSA) is 63.2 Å². The Morgan fingerprint density at radius 3 is 2.76 bits per heavy atom. The van der Waals surface area contributed by atoms with Crippen LogP contribution in [-0.4, -0.2) is 50.9 Å². The second kappa shape index (κ2) is 7.64. The molecule has 0 radical (unpaired) electrons. The van der Waals surface area contributed by atoms with Crippen molar-refractivity contribution in [3.05, 3.63) is 23.8 Å². The van der Waals surface area contributed by atoms with Crippen LogP contribution in [0.4, 0.5) is 0 Å². The summed E-state index contributed by atoms with van der Waals surface area (Å²) < 4.78 is 10.4. The van der Waals surface area contributed by atoms with Crippen molar-refractivity contribution in [3.63, 3.8) is 0 Å². The summed E-state index contributed by atoms with van der Waals surface area (Å²) in [6.07, 6.45) is 3.90. The molecule has 1 aliphatic heterocycles. The highest BCUT2D eigenvalue weighted by Crippen LogP contribution is 2.22. The number of ether oxygens (including phenoxy) is 2. The van der Waals surface area contributed by atoms with Gasteiger partial charge in [-0.15, -0.1) is 0 Å². The van der Waals surface area contributed by atoms with E-state index in [-0.39, 0.29) is 5.91 Å². The summed E-state index contributed by atoms with van der Waals surface area (Å²) in [7, 11) is 3.18. The molecule has 2 rings (SSSR count). The minimum absolute atomic E-state index is 0.0966. The molecular formula is C15H21N3O3. The molecule has 1 fully saturated rings. The first kappa shape index (κ1) is 15.3. The zero-order chi connectivity index (χ0) is 15.1. The van der Waals surface area contributed by atoms with E-state index < -0.39 is 0 Å². The second-order valence-electron chi connectivity index (χ2n) is 4.88. The van der Waals surface area contributed by atoms with E-state index in [0.717, 1.165) is 18.7 Å². The van der Waals surface area contributed by atoms with E-state index in [0.29, 0.717) is 18.0 Å². The molecule has 0 atom stereocenters. The summed E-state index contributed by atoms with van der Waals surface area (Å²) >= 11 is 0. The Morgan fingerprint density at radius 2 is 2.10 bits per heavy atom. The summed E-state index contributed by atoms with van der Waals surface area (Å²) in [5.74, 6) is 1.26. The van der Waals surface area contributed by atoms with Gasteiger partial charge in [0.2, 0.25) is 0 Å². The predicted molar refractivity (Wildman–Crippen MR) is 81.0 cm³/mol. The van der Waals surface area contributed by atoms with Crippen molar-refractivity contribution in [1.29, 1.82) is 0 Å². The van der Waals surface area contributed by atoms with E-state index in [1.165, 1.54) is 12.8 Å². The van der Waals surface area contributed by atoms with Gasteiger partial charge in [-0.1, -0.05) is 0 Å². The molecule has 1 aromatic carbocycles. The Labute approximate surface area is 124 Å². The number of hydrazone groups is 1. The van der Waals surface area contributed by atoms with Crippen LogP contribution in [0, 0.1) is 0 Å². The molecule has 0 aliphatic carbocycles. The largest absolute Gasteiger partial charge is 0.497 e. The van der Waals surface area contributed by atoms with Gasteiger partial charge in [0.1, 0.15) is 11.5 Å². The molecule has 1 saturated heterocycles. The third-order valence-electron chi connectivity index (χ3n) is 3.40. The summed E-state index contributed by atoms with van der Waals surface area (Å²) in [6.45, 7) is 2.38. The highest BCUT2D eigenvalue weighted by atomic mass is 16.5. The average molecular weight is 291 g/mol. The van der Waals surface area contributed by atoms with Gasteiger partial charge < -0.3 is 9.47 Å². The molecule has 1 aliphatic rings.